The molecule has 21 heavy (non-hydrogen) atoms. The fraction of sp³-hybridized carbons (Fsp3) is 0.438. The number of halogens is 1. The number of nitrogens with zero attached hydrogens (tertiary/aromatic N) is 2. The van der Waals surface area contributed by atoms with E-state index in [0.29, 0.717) is 19.8 Å². The van der Waals surface area contributed by atoms with Gasteiger partial charge in [0.05, 0.1) is 19.8 Å². The molecule has 0 amide bonds. The summed E-state index contributed by atoms with van der Waals surface area (Å²) >= 11 is 0. The van der Waals surface area contributed by atoms with E-state index in [4.69, 9.17) is 4.74 Å². The molecular weight excluding hydrogens is 377 g/mol. The molecule has 1 aromatic carbocycles. The lowest BCUT2D eigenvalue weighted by Gasteiger charge is -2.17. The molecule has 0 fully saturated rings. The van der Waals surface area contributed by atoms with Crippen molar-refractivity contribution < 1.29 is 4.74 Å². The molecular formula is C16H26IN3O. The van der Waals surface area contributed by atoms with Crippen LogP contribution in [-0.2, 0) is 11.3 Å². The lowest BCUT2D eigenvalue weighted by Crippen LogP contribution is -2.38. The first-order chi connectivity index (χ1) is 9.59. The van der Waals surface area contributed by atoms with Gasteiger partial charge in [-0.3, -0.25) is 0 Å². The van der Waals surface area contributed by atoms with Crippen LogP contribution >= 0.6 is 24.0 Å². The molecule has 0 aromatic heterocycles. The number of benzene rings is 1. The number of nitrogens with one attached hydrogen (secondary N) is 1. The topological polar surface area (TPSA) is 36.9 Å². The van der Waals surface area contributed by atoms with Crippen LogP contribution < -0.4 is 5.32 Å². The second-order valence-electron chi connectivity index (χ2n) is 4.96. The lowest BCUT2D eigenvalue weighted by atomic mass is 10.2. The fourth-order valence-corrected chi connectivity index (χ4v) is 1.59. The molecule has 1 N–H and O–H groups in total. The first-order valence-corrected chi connectivity index (χ1v) is 6.81. The van der Waals surface area contributed by atoms with E-state index in [1.807, 2.05) is 44.1 Å². The van der Waals surface area contributed by atoms with E-state index in [1.54, 1.807) is 0 Å². The highest BCUT2D eigenvalue weighted by atomic mass is 127. The summed E-state index contributed by atoms with van der Waals surface area (Å²) in [6.45, 7) is 8.43. The van der Waals surface area contributed by atoms with Crippen molar-refractivity contribution in [3.63, 3.8) is 0 Å². The molecule has 1 aromatic rings. The maximum Gasteiger partial charge on any atom is 0.193 e. The Labute approximate surface area is 145 Å². The standard InChI is InChI=1S/C16H25N3O.HI/c1-14(2)13-20-11-10-17-16(19(3)4)18-12-15-8-6-5-7-9-15;/h5-9H,1,10-13H2,2-4H3,(H,17,18);1H. The highest BCUT2D eigenvalue weighted by molar-refractivity contribution is 14.0. The van der Waals surface area contributed by atoms with Crippen LogP contribution in [0.3, 0.4) is 0 Å². The van der Waals surface area contributed by atoms with Crippen LogP contribution in [0.25, 0.3) is 0 Å². The summed E-state index contributed by atoms with van der Waals surface area (Å²) in [6.07, 6.45) is 0. The highest BCUT2D eigenvalue weighted by Crippen LogP contribution is 2.00. The minimum absolute atomic E-state index is 0. The van der Waals surface area contributed by atoms with Gasteiger partial charge in [0.25, 0.3) is 0 Å². The molecule has 118 valence electrons. The lowest BCUT2D eigenvalue weighted by molar-refractivity contribution is 0.161. The van der Waals surface area contributed by atoms with E-state index in [9.17, 15) is 0 Å². The number of hydrogen-bond donors (Lipinski definition) is 1. The van der Waals surface area contributed by atoms with Crippen molar-refractivity contribution in [1.29, 1.82) is 0 Å². The maximum atomic E-state index is 5.45. The van der Waals surface area contributed by atoms with E-state index < -0.39 is 0 Å². The van der Waals surface area contributed by atoms with Crippen LogP contribution in [0.2, 0.25) is 0 Å². The van der Waals surface area contributed by atoms with Crippen molar-refractivity contribution >= 4 is 29.9 Å². The van der Waals surface area contributed by atoms with Gasteiger partial charge in [0.15, 0.2) is 5.96 Å². The van der Waals surface area contributed by atoms with Gasteiger partial charge < -0.3 is 15.0 Å². The largest absolute Gasteiger partial charge is 0.375 e. The van der Waals surface area contributed by atoms with Crippen LogP contribution in [0.5, 0.6) is 0 Å². The quantitative estimate of drug-likeness (QED) is 0.250. The first-order valence-electron chi connectivity index (χ1n) is 6.81. The molecule has 5 heteroatoms. The number of ether oxygens (including phenoxy) is 1. The molecule has 0 saturated heterocycles. The average Bonchev–Trinajstić information content (AvgIpc) is 2.42. The predicted molar refractivity (Wildman–Crippen MR) is 100 cm³/mol. The first kappa shape index (κ1) is 19.9. The third-order valence-electron chi connectivity index (χ3n) is 2.56. The van der Waals surface area contributed by atoms with Crippen LogP contribution in [0.1, 0.15) is 12.5 Å². The molecule has 0 unspecified atom stereocenters. The fourth-order valence-electron chi connectivity index (χ4n) is 1.59. The summed E-state index contributed by atoms with van der Waals surface area (Å²) < 4.78 is 5.45. The molecule has 0 atom stereocenters. The third kappa shape index (κ3) is 9.47. The van der Waals surface area contributed by atoms with Gasteiger partial charge in [-0.1, -0.05) is 42.5 Å². The van der Waals surface area contributed by atoms with Crippen molar-refractivity contribution in [2.24, 2.45) is 4.99 Å². The van der Waals surface area contributed by atoms with Crippen molar-refractivity contribution in [3.05, 3.63) is 48.0 Å². The molecule has 1 rings (SSSR count). The van der Waals surface area contributed by atoms with Crippen molar-refractivity contribution in [2.75, 3.05) is 33.9 Å². The molecule has 4 nitrogen and oxygen atoms in total. The second-order valence-corrected chi connectivity index (χ2v) is 4.96. The smallest absolute Gasteiger partial charge is 0.193 e. The summed E-state index contributed by atoms with van der Waals surface area (Å²) in [7, 11) is 3.96. The van der Waals surface area contributed by atoms with E-state index in [-0.39, 0.29) is 24.0 Å². The Morgan fingerprint density at radius 3 is 2.52 bits per heavy atom. The second kappa shape index (κ2) is 11.6. The van der Waals surface area contributed by atoms with Gasteiger partial charge in [0.2, 0.25) is 0 Å². The molecule has 0 aliphatic carbocycles. The van der Waals surface area contributed by atoms with Gasteiger partial charge in [-0.15, -0.1) is 24.0 Å². The van der Waals surface area contributed by atoms with Gasteiger partial charge in [-0.2, -0.15) is 0 Å². The Morgan fingerprint density at radius 1 is 1.29 bits per heavy atom. The summed E-state index contributed by atoms with van der Waals surface area (Å²) in [4.78, 5) is 6.56. The zero-order chi connectivity index (χ0) is 14.8. The predicted octanol–water partition coefficient (Wildman–Crippen LogP) is 2.90. The minimum atomic E-state index is 0. The Hall–Kier alpha value is -1.08. The SMILES string of the molecule is C=C(C)COCCNC(=NCc1ccccc1)N(C)C.I. The van der Waals surface area contributed by atoms with E-state index in [0.717, 1.165) is 18.1 Å². The zero-order valence-electron chi connectivity index (χ0n) is 13.1. The van der Waals surface area contributed by atoms with Gasteiger partial charge in [-0.05, 0) is 12.5 Å². The van der Waals surface area contributed by atoms with E-state index >= 15 is 0 Å². The zero-order valence-corrected chi connectivity index (χ0v) is 15.5. The minimum Gasteiger partial charge on any atom is -0.375 e. The van der Waals surface area contributed by atoms with Crippen LogP contribution in [0.15, 0.2) is 47.5 Å². The van der Waals surface area contributed by atoms with E-state index in [2.05, 4.69) is 29.0 Å². The van der Waals surface area contributed by atoms with Crippen molar-refractivity contribution in [1.82, 2.24) is 10.2 Å². The van der Waals surface area contributed by atoms with Crippen LogP contribution in [-0.4, -0.2) is 44.7 Å². The molecule has 0 bridgehead atoms. The molecule has 0 radical (unpaired) electrons. The number of aliphatic imine (C=N–C) groups is 1. The molecule has 0 heterocycles. The van der Waals surface area contributed by atoms with Gasteiger partial charge in [-0.25, -0.2) is 4.99 Å². The Kier molecular flexibility index (Phi) is 11.0. The summed E-state index contributed by atoms with van der Waals surface area (Å²) in [5.74, 6) is 0.868. The maximum absolute atomic E-state index is 5.45. The number of hydrogen-bond acceptors (Lipinski definition) is 2. The molecule has 0 aliphatic rings. The van der Waals surface area contributed by atoms with Gasteiger partial charge in [0.1, 0.15) is 0 Å². The average molecular weight is 403 g/mol. The molecule has 0 aliphatic heterocycles. The molecule has 0 spiro atoms. The summed E-state index contributed by atoms with van der Waals surface area (Å²) in [6, 6.07) is 10.2. The Morgan fingerprint density at radius 2 is 1.95 bits per heavy atom. The van der Waals surface area contributed by atoms with Crippen LogP contribution in [0, 0.1) is 0 Å². The Balaban J connectivity index is 0.00000400. The third-order valence-corrected chi connectivity index (χ3v) is 2.56. The van der Waals surface area contributed by atoms with Gasteiger partial charge in [0, 0.05) is 20.6 Å². The summed E-state index contributed by atoms with van der Waals surface area (Å²) in [5.41, 5.74) is 2.24. The van der Waals surface area contributed by atoms with E-state index in [1.165, 1.54) is 5.56 Å². The van der Waals surface area contributed by atoms with Gasteiger partial charge >= 0.3 is 0 Å². The Bertz CT molecular complexity index is 432. The van der Waals surface area contributed by atoms with Crippen molar-refractivity contribution in [2.45, 2.75) is 13.5 Å². The number of guanidine groups is 1. The van der Waals surface area contributed by atoms with Crippen molar-refractivity contribution in [3.8, 4) is 0 Å². The summed E-state index contributed by atoms with van der Waals surface area (Å²) in [5, 5.41) is 3.28. The highest BCUT2D eigenvalue weighted by Gasteiger charge is 2.01. The number of rotatable bonds is 7. The monoisotopic (exact) mass is 403 g/mol. The molecule has 0 saturated carbocycles. The normalized spacial score (nSPS) is 10.7. The van der Waals surface area contributed by atoms with Crippen LogP contribution in [0.4, 0.5) is 0 Å².